The van der Waals surface area contributed by atoms with Gasteiger partial charge in [-0.1, -0.05) is 42.5 Å². The van der Waals surface area contributed by atoms with Gasteiger partial charge in [-0.25, -0.2) is 4.98 Å². The predicted octanol–water partition coefficient (Wildman–Crippen LogP) is 7.35. The summed E-state index contributed by atoms with van der Waals surface area (Å²) >= 11 is 0. The lowest BCUT2D eigenvalue weighted by Crippen LogP contribution is -2.71. The Balaban J connectivity index is 1.46. The summed E-state index contributed by atoms with van der Waals surface area (Å²) in [4.78, 5) is 5.35. The van der Waals surface area contributed by atoms with Crippen molar-refractivity contribution in [3.63, 3.8) is 0 Å². The third-order valence-electron chi connectivity index (χ3n) is 10.0. The van der Waals surface area contributed by atoms with Gasteiger partial charge < -0.3 is 4.74 Å². The fourth-order valence-corrected chi connectivity index (χ4v) is 8.47. The van der Waals surface area contributed by atoms with Crippen molar-refractivity contribution in [2.45, 2.75) is 19.5 Å². The molecule has 4 aromatic carbocycles. The van der Waals surface area contributed by atoms with Crippen molar-refractivity contribution >= 4 is 38.4 Å². The zero-order valence-corrected chi connectivity index (χ0v) is 23.6. The van der Waals surface area contributed by atoms with E-state index in [4.69, 9.17) is 9.72 Å². The Labute approximate surface area is 246 Å². The number of aryl methyl sites for hydroxylation is 2. The highest BCUT2D eigenvalue weighted by molar-refractivity contribution is 6.15. The van der Waals surface area contributed by atoms with Crippen molar-refractivity contribution in [2.75, 3.05) is 0 Å². The van der Waals surface area contributed by atoms with E-state index in [0.29, 0.717) is 0 Å². The summed E-state index contributed by atoms with van der Waals surface area (Å²) in [5.41, 5.74) is 13.4. The standard InChI is InChI=1S/C38H24N4O/c1-21-9-7-10-22(2)32(21)29-20-41-37-33-25(36-28(42(29)37)19-23-11-3-4-13-26(23)39-36)16-17-31-35(33)38(41)34-24(12-8-15-30(34)43-31)27-14-5-6-18-40(27)38/h3-20H,1-2H3/q+2. The molecule has 0 N–H and O–H groups in total. The summed E-state index contributed by atoms with van der Waals surface area (Å²) < 4.78 is 14.2. The maximum Gasteiger partial charge on any atom is 0.371 e. The second-order valence-corrected chi connectivity index (χ2v) is 12.1. The van der Waals surface area contributed by atoms with Crippen LogP contribution in [0.5, 0.6) is 11.5 Å². The molecule has 1 unspecified atom stereocenters. The molecule has 0 radical (unpaired) electrons. The minimum absolute atomic E-state index is 0.616. The van der Waals surface area contributed by atoms with E-state index in [0.717, 1.165) is 38.8 Å². The van der Waals surface area contributed by atoms with Gasteiger partial charge in [0, 0.05) is 28.5 Å². The van der Waals surface area contributed by atoms with Crippen LogP contribution in [0.3, 0.4) is 0 Å². The lowest BCUT2D eigenvalue weighted by atomic mass is 9.86. The molecule has 3 aliphatic rings. The minimum Gasteiger partial charge on any atom is -0.456 e. The molecule has 8 aromatic rings. The van der Waals surface area contributed by atoms with E-state index >= 15 is 0 Å². The molecule has 5 heteroatoms. The Morgan fingerprint density at radius 2 is 1.58 bits per heavy atom. The first-order chi connectivity index (χ1) is 21.2. The number of fused-ring (bicyclic) bond motifs is 6. The Hall–Kier alpha value is -5.55. The Morgan fingerprint density at radius 3 is 2.49 bits per heavy atom. The lowest BCUT2D eigenvalue weighted by Gasteiger charge is -2.27. The summed E-state index contributed by atoms with van der Waals surface area (Å²) in [6.45, 7) is 4.44. The molecule has 7 heterocycles. The predicted molar refractivity (Wildman–Crippen MR) is 167 cm³/mol. The molecule has 1 spiro atoms. The van der Waals surface area contributed by atoms with Gasteiger partial charge in [-0.05, 0) is 67.4 Å². The minimum atomic E-state index is -0.616. The van der Waals surface area contributed by atoms with Gasteiger partial charge in [0.2, 0.25) is 5.69 Å². The highest BCUT2D eigenvalue weighted by atomic mass is 16.5. The van der Waals surface area contributed by atoms with Gasteiger partial charge in [0.15, 0.2) is 17.4 Å². The average Bonchev–Trinajstić information content (AvgIpc) is 3.66. The van der Waals surface area contributed by atoms with Crippen LogP contribution in [0.4, 0.5) is 0 Å². The molecule has 4 aromatic heterocycles. The van der Waals surface area contributed by atoms with E-state index in [1.807, 2.05) is 0 Å². The Morgan fingerprint density at radius 1 is 0.767 bits per heavy atom. The molecule has 11 rings (SSSR count). The van der Waals surface area contributed by atoms with Crippen LogP contribution in [-0.2, 0) is 5.66 Å². The van der Waals surface area contributed by atoms with Crippen LogP contribution in [0, 0.1) is 13.8 Å². The van der Waals surface area contributed by atoms with E-state index in [1.165, 1.54) is 55.8 Å². The lowest BCUT2D eigenvalue weighted by molar-refractivity contribution is -0.950. The number of ether oxygens (including phenoxy) is 1. The summed E-state index contributed by atoms with van der Waals surface area (Å²) in [6, 6.07) is 34.7. The van der Waals surface area contributed by atoms with Crippen LogP contribution in [0.1, 0.15) is 22.3 Å². The van der Waals surface area contributed by atoms with Crippen LogP contribution < -0.4 is 13.9 Å². The first kappa shape index (κ1) is 22.1. The summed E-state index contributed by atoms with van der Waals surface area (Å²) in [5, 5.41) is 3.49. The molecule has 1 atom stereocenters. The van der Waals surface area contributed by atoms with Gasteiger partial charge in [-0.3, -0.25) is 0 Å². The summed E-state index contributed by atoms with van der Waals surface area (Å²) in [6.07, 6.45) is 4.63. The molecule has 0 aliphatic carbocycles. The topological polar surface area (TPSA) is 34.3 Å². The van der Waals surface area contributed by atoms with Crippen molar-refractivity contribution < 1.29 is 13.9 Å². The first-order valence-corrected chi connectivity index (χ1v) is 14.8. The van der Waals surface area contributed by atoms with Crippen molar-refractivity contribution in [1.82, 2.24) is 9.38 Å². The van der Waals surface area contributed by atoms with Gasteiger partial charge in [0.25, 0.3) is 0 Å². The van der Waals surface area contributed by atoms with E-state index in [1.54, 1.807) is 0 Å². The number of pyridine rings is 3. The average molecular weight is 553 g/mol. The molecule has 0 amide bonds. The third-order valence-corrected chi connectivity index (χ3v) is 10.0. The Bertz CT molecular complexity index is 2610. The molecule has 3 aliphatic heterocycles. The third kappa shape index (κ3) is 2.29. The Kier molecular flexibility index (Phi) is 3.64. The number of hydrogen-bond donors (Lipinski definition) is 0. The fourth-order valence-electron chi connectivity index (χ4n) is 8.47. The van der Waals surface area contributed by atoms with Crippen LogP contribution in [0.15, 0.2) is 109 Å². The number of hydrogen-bond acceptors (Lipinski definition) is 2. The van der Waals surface area contributed by atoms with Gasteiger partial charge in [0.1, 0.15) is 34.3 Å². The number of para-hydroxylation sites is 1. The first-order valence-electron chi connectivity index (χ1n) is 14.8. The normalized spacial score (nSPS) is 16.9. The van der Waals surface area contributed by atoms with Crippen molar-refractivity contribution in [2.24, 2.45) is 0 Å². The molecule has 0 bridgehead atoms. The highest BCUT2D eigenvalue weighted by Crippen LogP contribution is 2.57. The number of rotatable bonds is 1. The number of benzene rings is 4. The van der Waals surface area contributed by atoms with Crippen molar-refractivity contribution in [3.05, 3.63) is 132 Å². The maximum atomic E-state index is 6.76. The van der Waals surface area contributed by atoms with E-state index in [9.17, 15) is 0 Å². The summed E-state index contributed by atoms with van der Waals surface area (Å²) in [5.74, 6) is 1.82. The molecule has 0 saturated heterocycles. The largest absolute Gasteiger partial charge is 0.456 e. The smallest absolute Gasteiger partial charge is 0.371 e. The van der Waals surface area contributed by atoms with Crippen molar-refractivity contribution in [3.8, 4) is 34.0 Å². The molecule has 0 saturated carbocycles. The second kappa shape index (κ2) is 7.08. The number of imidazole rings is 1. The SMILES string of the molecule is Cc1cccc(C)c1-c1c[n+]2c3c4c5c(ccc4c4nc6ccccc6cc4n13)Oc1cccc3c1C52[n+]1ccccc1-3. The van der Waals surface area contributed by atoms with E-state index in [-0.39, 0.29) is 0 Å². The quantitative estimate of drug-likeness (QED) is 0.121. The maximum absolute atomic E-state index is 6.76. The number of aromatic nitrogens is 4. The van der Waals surface area contributed by atoms with E-state index in [2.05, 4.69) is 137 Å². The number of nitrogens with zero attached hydrogens (tertiary/aromatic N) is 4. The van der Waals surface area contributed by atoms with Gasteiger partial charge in [0.05, 0.1) is 16.5 Å². The van der Waals surface area contributed by atoms with Crippen LogP contribution in [0.2, 0.25) is 0 Å². The van der Waals surface area contributed by atoms with E-state index < -0.39 is 5.66 Å². The van der Waals surface area contributed by atoms with Crippen LogP contribution in [0.25, 0.3) is 60.9 Å². The highest BCUT2D eigenvalue weighted by Gasteiger charge is 2.68. The van der Waals surface area contributed by atoms with Crippen LogP contribution in [-0.4, -0.2) is 9.38 Å². The molecule has 0 fully saturated rings. The monoisotopic (exact) mass is 552 g/mol. The zero-order valence-electron chi connectivity index (χ0n) is 23.6. The van der Waals surface area contributed by atoms with Gasteiger partial charge in [-0.15, -0.1) is 4.57 Å². The van der Waals surface area contributed by atoms with Gasteiger partial charge >= 0.3 is 11.3 Å². The fraction of sp³-hybridized carbons (Fsp3) is 0.0789. The summed E-state index contributed by atoms with van der Waals surface area (Å²) in [7, 11) is 0. The molecular formula is C38H24N4O+2. The zero-order chi connectivity index (χ0) is 28.2. The van der Waals surface area contributed by atoms with Crippen LogP contribution >= 0.6 is 0 Å². The molecular weight excluding hydrogens is 528 g/mol. The van der Waals surface area contributed by atoms with Gasteiger partial charge in [-0.2, -0.15) is 8.97 Å². The van der Waals surface area contributed by atoms with Crippen molar-refractivity contribution in [1.29, 1.82) is 0 Å². The molecule has 43 heavy (non-hydrogen) atoms. The molecule has 200 valence electrons. The second-order valence-electron chi connectivity index (χ2n) is 12.1. The molecule has 5 nitrogen and oxygen atoms in total.